The molecule has 0 saturated heterocycles. The Morgan fingerprint density at radius 1 is 0.697 bits per heavy atom. The van der Waals surface area contributed by atoms with E-state index in [2.05, 4.69) is 46.8 Å². The Bertz CT molecular complexity index is 763. The van der Waals surface area contributed by atoms with Crippen molar-refractivity contribution in [2.75, 3.05) is 0 Å². The maximum Gasteiger partial charge on any atom is 0.185 e. The highest BCUT2D eigenvalue weighted by Crippen LogP contribution is 2.27. The van der Waals surface area contributed by atoms with Crippen LogP contribution in [-0.4, -0.2) is 11.6 Å². The monoisotopic (exact) mass is 456 g/mol. The highest BCUT2D eigenvalue weighted by atomic mass is 16.1. The third kappa shape index (κ3) is 12.4. The van der Waals surface area contributed by atoms with Gasteiger partial charge in [0.25, 0.3) is 0 Å². The molecule has 33 heavy (non-hydrogen) atoms. The first kappa shape index (κ1) is 31.3. The van der Waals surface area contributed by atoms with Crippen molar-refractivity contribution in [2.45, 2.75) is 133 Å². The van der Waals surface area contributed by atoms with E-state index in [0.29, 0.717) is 22.1 Å². The van der Waals surface area contributed by atoms with Crippen molar-refractivity contribution >= 4 is 11.6 Å². The maximum absolute atomic E-state index is 12.5. The minimum Gasteiger partial charge on any atom is -0.289 e. The summed E-state index contributed by atoms with van der Waals surface area (Å²) in [5, 5.41) is 0. The molecule has 0 heterocycles. The molecule has 0 unspecified atom stereocenters. The second-order valence-electron chi connectivity index (χ2n) is 10.7. The van der Waals surface area contributed by atoms with Gasteiger partial charge < -0.3 is 0 Å². The zero-order chi connectivity index (χ0) is 25.6. The summed E-state index contributed by atoms with van der Waals surface area (Å²) in [7, 11) is 0. The summed E-state index contributed by atoms with van der Waals surface area (Å²) in [5.41, 5.74) is 6.08. The average Bonchev–Trinajstić information content (AvgIpc) is 2.75. The van der Waals surface area contributed by atoms with Crippen LogP contribution in [0, 0.1) is 5.41 Å². The number of Topliss-reactive ketones (excluding diaryl/α,β-unsaturated/α-hetero) is 2. The fourth-order valence-corrected chi connectivity index (χ4v) is 4.08. The summed E-state index contributed by atoms with van der Waals surface area (Å²) in [6.07, 6.45) is 15.9. The molecule has 1 rings (SSSR count). The number of unbranched alkanes of at least 4 members (excludes halogenated alkanes) is 3. The van der Waals surface area contributed by atoms with Crippen molar-refractivity contribution in [1.82, 2.24) is 0 Å². The van der Waals surface area contributed by atoms with E-state index in [1.165, 1.54) is 30.4 Å². The lowest BCUT2D eigenvalue weighted by Crippen LogP contribution is -2.20. The van der Waals surface area contributed by atoms with Crippen molar-refractivity contribution < 1.29 is 9.59 Å². The summed E-state index contributed by atoms with van der Waals surface area (Å²) in [4.78, 5) is 24.7. The molecule has 0 aromatic rings. The standard InChI is InChI=1S/C29H46O2.C2H6/c1-21(16-13-17-22(2)18-14-20-29(6,7)8)15-11-9-10-12-19-26-25(5)27(30)23(3)24(4)28(26)31;1-2/h15,17H,9-14,16,18-20H2,1-8H3;1-2H3/b21-15+,22-17+;. The second-order valence-corrected chi connectivity index (χ2v) is 10.7. The number of carbonyl (C=O) groups excluding carboxylic acids is 2. The predicted octanol–water partition coefficient (Wildman–Crippen LogP) is 9.66. The van der Waals surface area contributed by atoms with E-state index < -0.39 is 0 Å². The summed E-state index contributed by atoms with van der Waals surface area (Å²) >= 11 is 0. The third-order valence-electron chi connectivity index (χ3n) is 6.46. The average molecular weight is 457 g/mol. The molecule has 188 valence electrons. The SMILES string of the molecule is CC.CC1=C(C)C(=O)C(CCCCC/C=C(\C)CC/C=C(\C)CCCC(C)(C)C)=C(C)C1=O. The predicted molar refractivity (Wildman–Crippen MR) is 146 cm³/mol. The van der Waals surface area contributed by atoms with Crippen LogP contribution in [0.4, 0.5) is 0 Å². The van der Waals surface area contributed by atoms with Gasteiger partial charge >= 0.3 is 0 Å². The van der Waals surface area contributed by atoms with E-state index in [9.17, 15) is 9.59 Å². The number of rotatable bonds is 12. The molecule has 0 aromatic carbocycles. The van der Waals surface area contributed by atoms with Gasteiger partial charge in [-0.3, -0.25) is 9.59 Å². The fraction of sp³-hybridized carbons (Fsp3) is 0.677. The van der Waals surface area contributed by atoms with E-state index >= 15 is 0 Å². The van der Waals surface area contributed by atoms with Crippen LogP contribution in [-0.2, 0) is 9.59 Å². The van der Waals surface area contributed by atoms with Crippen LogP contribution in [0.15, 0.2) is 45.6 Å². The molecule has 1 aliphatic rings. The van der Waals surface area contributed by atoms with Crippen molar-refractivity contribution in [3.63, 3.8) is 0 Å². The van der Waals surface area contributed by atoms with E-state index in [-0.39, 0.29) is 11.6 Å². The van der Waals surface area contributed by atoms with Gasteiger partial charge in [-0.25, -0.2) is 0 Å². The van der Waals surface area contributed by atoms with Gasteiger partial charge in [-0.05, 0) is 97.8 Å². The summed E-state index contributed by atoms with van der Waals surface area (Å²) in [6, 6.07) is 0. The van der Waals surface area contributed by atoms with Crippen LogP contribution >= 0.6 is 0 Å². The first-order valence-corrected chi connectivity index (χ1v) is 13.2. The molecule has 1 aliphatic carbocycles. The van der Waals surface area contributed by atoms with Gasteiger partial charge in [-0.1, -0.05) is 64.3 Å². The molecule has 0 aromatic heterocycles. The van der Waals surface area contributed by atoms with Crippen molar-refractivity contribution in [2.24, 2.45) is 5.41 Å². The van der Waals surface area contributed by atoms with Crippen LogP contribution in [0.2, 0.25) is 0 Å². The highest BCUT2D eigenvalue weighted by Gasteiger charge is 2.27. The Hall–Kier alpha value is -1.70. The number of hydrogen-bond donors (Lipinski definition) is 0. The van der Waals surface area contributed by atoms with E-state index in [1.54, 1.807) is 20.8 Å². The number of hydrogen-bond acceptors (Lipinski definition) is 2. The van der Waals surface area contributed by atoms with Crippen LogP contribution in [0.1, 0.15) is 133 Å². The third-order valence-corrected chi connectivity index (χ3v) is 6.46. The molecule has 0 spiro atoms. The lowest BCUT2D eigenvalue weighted by molar-refractivity contribution is -0.116. The van der Waals surface area contributed by atoms with E-state index in [4.69, 9.17) is 0 Å². The van der Waals surface area contributed by atoms with Crippen LogP contribution in [0.3, 0.4) is 0 Å². The first-order chi connectivity index (χ1) is 15.4. The summed E-state index contributed by atoms with van der Waals surface area (Å²) < 4.78 is 0. The van der Waals surface area contributed by atoms with Crippen molar-refractivity contribution in [1.29, 1.82) is 0 Å². The van der Waals surface area contributed by atoms with Gasteiger partial charge in [0.2, 0.25) is 0 Å². The van der Waals surface area contributed by atoms with Gasteiger partial charge in [0, 0.05) is 22.3 Å². The van der Waals surface area contributed by atoms with Gasteiger partial charge in [-0.2, -0.15) is 0 Å². The van der Waals surface area contributed by atoms with Crippen molar-refractivity contribution in [3.8, 4) is 0 Å². The Kier molecular flexibility index (Phi) is 15.2. The molecule has 2 nitrogen and oxygen atoms in total. The molecule has 2 heteroatoms. The molecule has 0 fully saturated rings. The molecule has 0 radical (unpaired) electrons. The Morgan fingerprint density at radius 2 is 1.24 bits per heavy atom. The topological polar surface area (TPSA) is 34.1 Å². The molecular formula is C31H52O2. The number of allylic oxidation sites excluding steroid dienone is 8. The molecule has 0 amide bonds. The quantitative estimate of drug-likeness (QED) is 0.166. The van der Waals surface area contributed by atoms with Gasteiger partial charge in [0.15, 0.2) is 11.6 Å². The minimum atomic E-state index is 0.0455. The maximum atomic E-state index is 12.5. The fourth-order valence-electron chi connectivity index (χ4n) is 4.08. The summed E-state index contributed by atoms with van der Waals surface area (Å²) in [6.45, 7) is 20.8. The van der Waals surface area contributed by atoms with Gasteiger partial charge in [0.05, 0.1) is 0 Å². The Morgan fingerprint density at radius 3 is 1.85 bits per heavy atom. The largest absolute Gasteiger partial charge is 0.289 e. The first-order valence-electron chi connectivity index (χ1n) is 13.2. The van der Waals surface area contributed by atoms with E-state index in [1.807, 2.05) is 13.8 Å². The Labute approximate surface area is 205 Å². The molecule has 0 atom stereocenters. The van der Waals surface area contributed by atoms with Gasteiger partial charge in [-0.15, -0.1) is 0 Å². The highest BCUT2D eigenvalue weighted by molar-refractivity contribution is 6.24. The lowest BCUT2D eigenvalue weighted by atomic mass is 9.84. The molecule has 0 aliphatic heterocycles. The zero-order valence-electron chi connectivity index (χ0n) is 23.5. The molecule has 0 bridgehead atoms. The zero-order valence-corrected chi connectivity index (χ0v) is 23.5. The second kappa shape index (κ2) is 16.0. The lowest BCUT2D eigenvalue weighted by Gasteiger charge is -2.18. The number of carbonyl (C=O) groups is 2. The van der Waals surface area contributed by atoms with Crippen LogP contribution in [0.25, 0.3) is 0 Å². The number of ketones is 2. The smallest absolute Gasteiger partial charge is 0.185 e. The normalized spacial score (nSPS) is 15.8. The molecular weight excluding hydrogens is 404 g/mol. The Balaban J connectivity index is 0.00000497. The van der Waals surface area contributed by atoms with Crippen LogP contribution in [0.5, 0.6) is 0 Å². The summed E-state index contributed by atoms with van der Waals surface area (Å²) in [5.74, 6) is 0.122. The van der Waals surface area contributed by atoms with Crippen molar-refractivity contribution in [3.05, 3.63) is 45.6 Å². The van der Waals surface area contributed by atoms with Crippen LogP contribution < -0.4 is 0 Å². The van der Waals surface area contributed by atoms with Gasteiger partial charge in [0.1, 0.15) is 0 Å². The molecule has 0 saturated carbocycles. The van der Waals surface area contributed by atoms with E-state index in [0.717, 1.165) is 50.5 Å². The molecule has 0 N–H and O–H groups in total. The minimum absolute atomic E-state index is 0.0455.